The van der Waals surface area contributed by atoms with Crippen molar-refractivity contribution in [3.05, 3.63) is 24.5 Å². The van der Waals surface area contributed by atoms with Crippen molar-refractivity contribution in [1.29, 1.82) is 0 Å². The van der Waals surface area contributed by atoms with Crippen LogP contribution in [-0.2, 0) is 9.59 Å². The number of amides is 1. The number of hydrogen-bond acceptors (Lipinski definition) is 4. The second-order valence-corrected chi connectivity index (χ2v) is 5.40. The van der Waals surface area contributed by atoms with Crippen molar-refractivity contribution in [2.75, 3.05) is 6.54 Å². The topological polar surface area (TPSA) is 79.7 Å². The molecular weight excluding hydrogens is 272 g/mol. The van der Waals surface area contributed by atoms with E-state index in [1.54, 1.807) is 36.4 Å². The third kappa shape index (κ3) is 3.71. The third-order valence-corrected chi connectivity index (χ3v) is 3.81. The summed E-state index contributed by atoms with van der Waals surface area (Å²) >= 11 is 0. The molecule has 6 nitrogen and oxygen atoms in total. The normalized spacial score (nSPS) is 23.4. The number of carbonyl (C=O) groups excluding carboxylic acids is 1. The lowest BCUT2D eigenvalue weighted by atomic mass is 9.93. The van der Waals surface area contributed by atoms with Crippen LogP contribution >= 0.6 is 0 Å². The number of piperidine rings is 1. The van der Waals surface area contributed by atoms with Crippen molar-refractivity contribution >= 4 is 11.9 Å². The van der Waals surface area contributed by atoms with Crippen LogP contribution in [0, 0.1) is 5.92 Å². The van der Waals surface area contributed by atoms with Gasteiger partial charge >= 0.3 is 5.97 Å². The van der Waals surface area contributed by atoms with E-state index >= 15 is 0 Å². The molecule has 0 radical (unpaired) electrons. The summed E-state index contributed by atoms with van der Waals surface area (Å²) in [4.78, 5) is 29.1. The molecule has 1 fully saturated rings. The zero-order valence-electron chi connectivity index (χ0n) is 12.2. The van der Waals surface area contributed by atoms with Crippen molar-refractivity contribution < 1.29 is 19.4 Å². The van der Waals surface area contributed by atoms with Crippen LogP contribution in [0.1, 0.15) is 26.7 Å². The summed E-state index contributed by atoms with van der Waals surface area (Å²) in [5, 5.41) is 9.12. The second-order valence-electron chi connectivity index (χ2n) is 5.40. The van der Waals surface area contributed by atoms with Gasteiger partial charge in [0.1, 0.15) is 5.75 Å². The Morgan fingerprint density at radius 1 is 1.48 bits per heavy atom. The predicted octanol–water partition coefficient (Wildman–Crippen LogP) is 1.56. The number of aliphatic carboxylic acids is 1. The van der Waals surface area contributed by atoms with Gasteiger partial charge in [0, 0.05) is 18.8 Å². The number of likely N-dealkylation sites (tertiary alicyclic amines) is 1. The Bertz CT molecular complexity index is 506. The fourth-order valence-electron chi connectivity index (χ4n) is 2.52. The number of ether oxygens (including phenoxy) is 1. The molecule has 0 bridgehead atoms. The highest BCUT2D eigenvalue weighted by Crippen LogP contribution is 2.23. The van der Waals surface area contributed by atoms with Crippen molar-refractivity contribution in [1.82, 2.24) is 9.88 Å². The number of hydrogen-bond donors (Lipinski definition) is 1. The summed E-state index contributed by atoms with van der Waals surface area (Å²) < 4.78 is 5.57. The van der Waals surface area contributed by atoms with Gasteiger partial charge in [0.05, 0.1) is 12.1 Å². The molecule has 0 spiro atoms. The standard InChI is InChI=1S/C15H20N2O4/c1-10-5-6-12(15(19)20)9-17(10)14(18)11(2)21-13-4-3-7-16-8-13/h3-4,7-8,10-12H,5-6,9H2,1-2H3,(H,19,20). The molecule has 1 amide bonds. The first-order valence-electron chi connectivity index (χ1n) is 7.09. The maximum absolute atomic E-state index is 12.5. The van der Waals surface area contributed by atoms with Gasteiger partial charge in [-0.2, -0.15) is 0 Å². The highest BCUT2D eigenvalue weighted by atomic mass is 16.5. The number of nitrogens with zero attached hydrogens (tertiary/aromatic N) is 2. The molecule has 3 unspecified atom stereocenters. The molecule has 2 rings (SSSR count). The van der Waals surface area contributed by atoms with E-state index in [9.17, 15) is 9.59 Å². The molecule has 6 heteroatoms. The first-order chi connectivity index (χ1) is 9.99. The second kappa shape index (κ2) is 6.56. The van der Waals surface area contributed by atoms with Crippen LogP contribution in [-0.4, -0.2) is 45.6 Å². The summed E-state index contributed by atoms with van der Waals surface area (Å²) in [5.74, 6) is -0.994. The Morgan fingerprint density at radius 2 is 2.24 bits per heavy atom. The molecule has 0 saturated carbocycles. The average molecular weight is 292 g/mol. The van der Waals surface area contributed by atoms with Crippen molar-refractivity contribution in [2.24, 2.45) is 5.92 Å². The van der Waals surface area contributed by atoms with Gasteiger partial charge in [0.2, 0.25) is 0 Å². The molecular formula is C15H20N2O4. The smallest absolute Gasteiger partial charge is 0.308 e. The molecule has 1 saturated heterocycles. The minimum Gasteiger partial charge on any atom is -0.481 e. The zero-order chi connectivity index (χ0) is 15.4. The third-order valence-electron chi connectivity index (χ3n) is 3.81. The van der Waals surface area contributed by atoms with Gasteiger partial charge < -0.3 is 14.7 Å². The first kappa shape index (κ1) is 15.3. The predicted molar refractivity (Wildman–Crippen MR) is 75.9 cm³/mol. The molecule has 1 aromatic heterocycles. The molecule has 1 aliphatic heterocycles. The SMILES string of the molecule is CC(Oc1cccnc1)C(=O)N1CC(C(=O)O)CCC1C. The Kier molecular flexibility index (Phi) is 4.77. The highest BCUT2D eigenvalue weighted by molar-refractivity contribution is 5.82. The van der Waals surface area contributed by atoms with Crippen molar-refractivity contribution in [2.45, 2.75) is 38.8 Å². The van der Waals surface area contributed by atoms with E-state index in [0.717, 1.165) is 0 Å². The summed E-state index contributed by atoms with van der Waals surface area (Å²) in [6, 6.07) is 3.50. The maximum Gasteiger partial charge on any atom is 0.308 e. The highest BCUT2D eigenvalue weighted by Gasteiger charge is 2.34. The summed E-state index contributed by atoms with van der Waals surface area (Å²) in [7, 11) is 0. The van der Waals surface area contributed by atoms with Crippen LogP contribution in [0.5, 0.6) is 5.75 Å². The van der Waals surface area contributed by atoms with Gasteiger partial charge in [-0.05, 0) is 38.8 Å². The van der Waals surface area contributed by atoms with E-state index in [4.69, 9.17) is 9.84 Å². The molecule has 1 aromatic rings. The van der Waals surface area contributed by atoms with E-state index in [1.165, 1.54) is 0 Å². The van der Waals surface area contributed by atoms with Crippen LogP contribution < -0.4 is 4.74 Å². The Balaban J connectivity index is 2.01. The number of pyridine rings is 1. The van der Waals surface area contributed by atoms with Gasteiger partial charge in [0.25, 0.3) is 5.91 Å². The van der Waals surface area contributed by atoms with Crippen LogP contribution in [0.3, 0.4) is 0 Å². The number of rotatable bonds is 4. The number of carboxylic acid groups (broad SMARTS) is 1. The zero-order valence-corrected chi connectivity index (χ0v) is 12.2. The molecule has 2 heterocycles. The largest absolute Gasteiger partial charge is 0.481 e. The number of carbonyl (C=O) groups is 2. The van der Waals surface area contributed by atoms with Gasteiger partial charge in [-0.3, -0.25) is 14.6 Å². The number of carboxylic acids is 1. The van der Waals surface area contributed by atoms with Crippen molar-refractivity contribution in [3.8, 4) is 5.75 Å². The Hall–Kier alpha value is -2.11. The van der Waals surface area contributed by atoms with E-state index in [-0.39, 0.29) is 18.5 Å². The van der Waals surface area contributed by atoms with E-state index in [2.05, 4.69) is 4.98 Å². The molecule has 1 N–H and O–H groups in total. The van der Waals surface area contributed by atoms with Crippen LogP contribution in [0.2, 0.25) is 0 Å². The van der Waals surface area contributed by atoms with E-state index in [1.807, 2.05) is 6.92 Å². The minimum atomic E-state index is -0.847. The Morgan fingerprint density at radius 3 is 2.86 bits per heavy atom. The van der Waals surface area contributed by atoms with Gasteiger partial charge in [-0.1, -0.05) is 0 Å². The summed E-state index contributed by atoms with van der Waals surface area (Å²) in [5.41, 5.74) is 0. The van der Waals surface area contributed by atoms with E-state index < -0.39 is 18.0 Å². The fraction of sp³-hybridized carbons (Fsp3) is 0.533. The number of aromatic nitrogens is 1. The van der Waals surface area contributed by atoms with Crippen molar-refractivity contribution in [3.63, 3.8) is 0 Å². The molecule has 0 aliphatic carbocycles. The monoisotopic (exact) mass is 292 g/mol. The van der Waals surface area contributed by atoms with Crippen LogP contribution in [0.4, 0.5) is 0 Å². The van der Waals surface area contributed by atoms with Crippen LogP contribution in [0.15, 0.2) is 24.5 Å². The molecule has 114 valence electrons. The lowest BCUT2D eigenvalue weighted by Gasteiger charge is -2.37. The maximum atomic E-state index is 12.5. The first-order valence-corrected chi connectivity index (χ1v) is 7.09. The van der Waals surface area contributed by atoms with Gasteiger partial charge in [0.15, 0.2) is 6.10 Å². The minimum absolute atomic E-state index is 0.0352. The van der Waals surface area contributed by atoms with E-state index in [0.29, 0.717) is 18.6 Å². The molecule has 3 atom stereocenters. The van der Waals surface area contributed by atoms with Gasteiger partial charge in [-0.15, -0.1) is 0 Å². The molecule has 1 aliphatic rings. The molecule has 21 heavy (non-hydrogen) atoms. The average Bonchev–Trinajstić information content (AvgIpc) is 2.47. The van der Waals surface area contributed by atoms with Gasteiger partial charge in [-0.25, -0.2) is 0 Å². The fourth-order valence-corrected chi connectivity index (χ4v) is 2.52. The Labute approximate surface area is 123 Å². The summed E-state index contributed by atoms with van der Waals surface area (Å²) in [6.07, 6.45) is 3.82. The summed E-state index contributed by atoms with van der Waals surface area (Å²) in [6.45, 7) is 3.86. The van der Waals surface area contributed by atoms with Crippen LogP contribution in [0.25, 0.3) is 0 Å². The lowest BCUT2D eigenvalue weighted by molar-refractivity contribution is -0.149. The quantitative estimate of drug-likeness (QED) is 0.911. The molecule has 0 aromatic carbocycles. The lowest BCUT2D eigenvalue weighted by Crippen LogP contribution is -2.51.